The van der Waals surface area contributed by atoms with Crippen LogP contribution in [0, 0.1) is 16.0 Å². The van der Waals surface area contributed by atoms with E-state index in [-0.39, 0.29) is 23.5 Å². The predicted octanol–water partition coefficient (Wildman–Crippen LogP) is 4.10. The van der Waals surface area contributed by atoms with Gasteiger partial charge in [-0.25, -0.2) is 0 Å². The van der Waals surface area contributed by atoms with Crippen molar-refractivity contribution in [1.82, 2.24) is 4.90 Å². The van der Waals surface area contributed by atoms with Gasteiger partial charge in [-0.2, -0.15) is 4.99 Å². The lowest BCUT2D eigenvalue weighted by Gasteiger charge is -2.31. The van der Waals surface area contributed by atoms with E-state index < -0.39 is 4.92 Å². The van der Waals surface area contributed by atoms with E-state index in [9.17, 15) is 19.7 Å². The average Bonchev–Trinajstić information content (AvgIpc) is 3.41. The summed E-state index contributed by atoms with van der Waals surface area (Å²) >= 11 is 1.26. The molecule has 2 aromatic rings. The summed E-state index contributed by atoms with van der Waals surface area (Å²) in [6, 6.07) is 9.62. The molecule has 1 saturated heterocycles. The fourth-order valence-electron chi connectivity index (χ4n) is 3.65. The van der Waals surface area contributed by atoms with Gasteiger partial charge in [0.2, 0.25) is 0 Å². The maximum absolute atomic E-state index is 12.4. The Balaban J connectivity index is 1.43. The SMILES string of the molecule is CCOC(=O)C1CCN(C2=NC(=O)C(=Cc3ccc(-c4ccccc4[N+](=O)[O-])o3)S2)CC1. The summed E-state index contributed by atoms with van der Waals surface area (Å²) in [5.74, 6) is 0.110. The first-order valence-electron chi connectivity index (χ1n) is 10.2. The number of furan rings is 1. The lowest BCUT2D eigenvalue weighted by molar-refractivity contribution is -0.384. The molecular formula is C22H21N3O6S. The van der Waals surface area contributed by atoms with E-state index in [0.717, 1.165) is 0 Å². The minimum atomic E-state index is -0.461. The highest BCUT2D eigenvalue weighted by molar-refractivity contribution is 8.18. The van der Waals surface area contributed by atoms with Crippen LogP contribution in [0.15, 0.2) is 50.7 Å². The van der Waals surface area contributed by atoms with Gasteiger partial charge in [0.15, 0.2) is 5.17 Å². The van der Waals surface area contributed by atoms with Crippen molar-refractivity contribution >= 4 is 40.6 Å². The maximum atomic E-state index is 12.4. The number of esters is 1. The number of thioether (sulfide) groups is 1. The average molecular weight is 455 g/mol. The van der Waals surface area contributed by atoms with Crippen LogP contribution in [0.1, 0.15) is 25.5 Å². The lowest BCUT2D eigenvalue weighted by atomic mass is 9.97. The van der Waals surface area contributed by atoms with E-state index in [4.69, 9.17) is 9.15 Å². The molecule has 0 aliphatic carbocycles. The molecule has 32 heavy (non-hydrogen) atoms. The Morgan fingerprint density at radius 1 is 1.31 bits per heavy atom. The molecule has 1 aromatic carbocycles. The van der Waals surface area contributed by atoms with Crippen LogP contribution in [0.25, 0.3) is 17.4 Å². The van der Waals surface area contributed by atoms with Gasteiger partial charge in [-0.05, 0) is 49.7 Å². The number of rotatable bonds is 5. The van der Waals surface area contributed by atoms with Gasteiger partial charge in [-0.15, -0.1) is 0 Å². The van der Waals surface area contributed by atoms with Gasteiger partial charge in [0, 0.05) is 25.2 Å². The van der Waals surface area contributed by atoms with Gasteiger partial charge in [0.05, 0.1) is 27.9 Å². The van der Waals surface area contributed by atoms with Gasteiger partial charge in [0.25, 0.3) is 11.6 Å². The number of nitrogens with zero attached hydrogens (tertiary/aromatic N) is 3. The summed E-state index contributed by atoms with van der Waals surface area (Å²) in [6.07, 6.45) is 2.90. The number of hydrogen-bond donors (Lipinski definition) is 0. The maximum Gasteiger partial charge on any atom is 0.309 e. The van der Waals surface area contributed by atoms with Crippen LogP contribution in [0.3, 0.4) is 0 Å². The lowest BCUT2D eigenvalue weighted by Crippen LogP contribution is -2.39. The molecule has 1 amide bonds. The zero-order valence-electron chi connectivity index (χ0n) is 17.4. The monoisotopic (exact) mass is 455 g/mol. The van der Waals surface area contributed by atoms with Gasteiger partial charge in [-0.3, -0.25) is 19.7 Å². The second kappa shape index (κ2) is 9.39. The second-order valence-electron chi connectivity index (χ2n) is 7.30. The number of likely N-dealkylation sites (tertiary alicyclic amines) is 1. The molecule has 0 unspecified atom stereocenters. The number of nitro benzene ring substituents is 1. The Labute approximate surface area is 188 Å². The molecule has 2 aliphatic rings. The van der Waals surface area contributed by atoms with Gasteiger partial charge >= 0.3 is 5.97 Å². The summed E-state index contributed by atoms with van der Waals surface area (Å²) in [5.41, 5.74) is 0.318. The van der Waals surface area contributed by atoms with Crippen LogP contribution in [0.5, 0.6) is 0 Å². The predicted molar refractivity (Wildman–Crippen MR) is 120 cm³/mol. The number of carbonyl (C=O) groups is 2. The van der Waals surface area contributed by atoms with Crippen LogP contribution in [-0.2, 0) is 14.3 Å². The van der Waals surface area contributed by atoms with Crippen molar-refractivity contribution < 1.29 is 23.7 Å². The third-order valence-electron chi connectivity index (χ3n) is 5.26. The molecule has 1 aromatic heterocycles. The number of piperidine rings is 1. The summed E-state index contributed by atoms with van der Waals surface area (Å²) in [4.78, 5) is 41.7. The van der Waals surface area contributed by atoms with E-state index >= 15 is 0 Å². The van der Waals surface area contributed by atoms with E-state index in [0.29, 0.717) is 59.7 Å². The first kappa shape index (κ1) is 21.8. The normalized spacial score (nSPS) is 18.2. The van der Waals surface area contributed by atoms with Crippen molar-refractivity contribution in [2.45, 2.75) is 19.8 Å². The van der Waals surface area contributed by atoms with Crippen molar-refractivity contribution in [3.63, 3.8) is 0 Å². The Morgan fingerprint density at radius 2 is 2.06 bits per heavy atom. The van der Waals surface area contributed by atoms with Crippen LogP contribution in [-0.4, -0.2) is 46.6 Å². The number of amides is 1. The number of nitro groups is 1. The molecule has 9 nitrogen and oxygen atoms in total. The Morgan fingerprint density at radius 3 is 2.78 bits per heavy atom. The number of ether oxygens (including phenoxy) is 1. The third-order valence-corrected chi connectivity index (χ3v) is 6.31. The number of para-hydroxylation sites is 1. The van der Waals surface area contributed by atoms with Crippen molar-refractivity contribution in [2.75, 3.05) is 19.7 Å². The van der Waals surface area contributed by atoms with E-state index in [1.165, 1.54) is 17.8 Å². The fraction of sp³-hybridized carbons (Fsp3) is 0.318. The Bertz CT molecular complexity index is 1110. The smallest absolute Gasteiger partial charge is 0.309 e. The van der Waals surface area contributed by atoms with Gasteiger partial charge in [0.1, 0.15) is 11.5 Å². The van der Waals surface area contributed by atoms with Crippen molar-refractivity contribution in [3.8, 4) is 11.3 Å². The molecule has 0 spiro atoms. The van der Waals surface area contributed by atoms with Crippen LogP contribution >= 0.6 is 11.8 Å². The summed E-state index contributed by atoms with van der Waals surface area (Å²) in [5, 5.41) is 11.9. The van der Waals surface area contributed by atoms with Crippen LogP contribution < -0.4 is 0 Å². The second-order valence-corrected chi connectivity index (χ2v) is 8.31. The molecular weight excluding hydrogens is 434 g/mol. The molecule has 2 aliphatic heterocycles. The topological polar surface area (TPSA) is 115 Å². The minimum Gasteiger partial charge on any atom is -0.466 e. The molecule has 10 heteroatoms. The van der Waals surface area contributed by atoms with Crippen molar-refractivity contribution in [2.24, 2.45) is 10.9 Å². The first-order chi connectivity index (χ1) is 15.5. The van der Waals surface area contributed by atoms with E-state index in [2.05, 4.69) is 4.99 Å². The van der Waals surface area contributed by atoms with Crippen LogP contribution in [0.4, 0.5) is 5.69 Å². The molecule has 0 radical (unpaired) electrons. The fourth-order valence-corrected chi connectivity index (χ4v) is 4.59. The summed E-state index contributed by atoms with van der Waals surface area (Å²) in [6.45, 7) is 3.41. The standard InChI is InChI=1S/C22H21N3O6S/c1-2-30-21(27)14-9-11-24(12-10-14)22-23-20(26)19(32-22)13-15-7-8-18(31-15)16-5-3-4-6-17(16)25(28)29/h3-8,13-14H,2,9-12H2,1H3. The van der Waals surface area contributed by atoms with Gasteiger partial charge in [-0.1, -0.05) is 12.1 Å². The summed E-state index contributed by atoms with van der Waals surface area (Å²) < 4.78 is 10.8. The van der Waals surface area contributed by atoms with Gasteiger partial charge < -0.3 is 14.1 Å². The molecule has 4 rings (SSSR count). The largest absolute Gasteiger partial charge is 0.466 e. The molecule has 0 saturated carbocycles. The summed E-state index contributed by atoms with van der Waals surface area (Å²) in [7, 11) is 0. The number of hydrogen-bond acceptors (Lipinski definition) is 8. The van der Waals surface area contributed by atoms with Crippen molar-refractivity contribution in [3.05, 3.63) is 57.2 Å². The third kappa shape index (κ3) is 4.59. The molecule has 0 N–H and O–H groups in total. The van der Waals surface area contributed by atoms with Crippen molar-refractivity contribution in [1.29, 1.82) is 0 Å². The molecule has 166 valence electrons. The molecule has 0 bridgehead atoms. The Hall–Kier alpha value is -3.40. The minimum absolute atomic E-state index is 0.0517. The number of carbonyl (C=O) groups excluding carboxylic acids is 2. The quantitative estimate of drug-likeness (QED) is 0.286. The zero-order chi connectivity index (χ0) is 22.7. The molecule has 3 heterocycles. The van der Waals surface area contributed by atoms with E-state index in [1.54, 1.807) is 43.3 Å². The highest BCUT2D eigenvalue weighted by atomic mass is 32.2. The number of benzene rings is 1. The Kier molecular flexibility index (Phi) is 6.40. The van der Waals surface area contributed by atoms with Crippen LogP contribution in [0.2, 0.25) is 0 Å². The van der Waals surface area contributed by atoms with E-state index in [1.807, 2.05) is 4.90 Å². The highest BCUT2D eigenvalue weighted by Gasteiger charge is 2.32. The first-order valence-corrected chi connectivity index (χ1v) is 11.1. The molecule has 1 fully saturated rings. The number of amidine groups is 1. The highest BCUT2D eigenvalue weighted by Crippen LogP contribution is 2.35. The zero-order valence-corrected chi connectivity index (χ0v) is 18.2. The number of aliphatic imine (C=N–C) groups is 1. The molecule has 0 atom stereocenters.